The highest BCUT2D eigenvalue weighted by atomic mass is 79.9. The molecule has 1 aromatic carbocycles. The Morgan fingerprint density at radius 1 is 1.40 bits per heavy atom. The summed E-state index contributed by atoms with van der Waals surface area (Å²) in [6.07, 6.45) is 4.99. The average molecular weight is 338 g/mol. The Morgan fingerprint density at radius 3 is 2.95 bits per heavy atom. The highest BCUT2D eigenvalue weighted by molar-refractivity contribution is 9.10. The van der Waals surface area contributed by atoms with Gasteiger partial charge in [-0.15, -0.1) is 0 Å². The number of halogens is 1. The molecule has 2 aromatic rings. The summed E-state index contributed by atoms with van der Waals surface area (Å²) >= 11 is 3.52. The smallest absolute Gasteiger partial charge is 0.133 e. The number of hydrogen-bond donors (Lipinski definition) is 1. The first-order valence-electron chi connectivity index (χ1n) is 6.77. The summed E-state index contributed by atoms with van der Waals surface area (Å²) in [5.74, 6) is 1.91. The monoisotopic (exact) mass is 337 g/mol. The number of nitrogens with zero attached hydrogens (tertiary/aromatic N) is 2. The summed E-state index contributed by atoms with van der Waals surface area (Å²) in [5.41, 5.74) is 1.22. The van der Waals surface area contributed by atoms with Crippen LogP contribution in [0.25, 0.3) is 0 Å². The van der Waals surface area contributed by atoms with Gasteiger partial charge in [0.2, 0.25) is 0 Å². The van der Waals surface area contributed by atoms with Gasteiger partial charge >= 0.3 is 0 Å². The lowest BCUT2D eigenvalue weighted by molar-refractivity contribution is 0.412. The van der Waals surface area contributed by atoms with Gasteiger partial charge in [0.15, 0.2) is 0 Å². The molecule has 0 bridgehead atoms. The Hall–Kier alpha value is -1.33. The van der Waals surface area contributed by atoms with Crippen LogP contribution in [0, 0.1) is 0 Å². The van der Waals surface area contributed by atoms with Crippen molar-refractivity contribution in [3.05, 3.63) is 46.5 Å². The molecule has 0 radical (unpaired) electrons. The van der Waals surface area contributed by atoms with E-state index in [1.807, 2.05) is 18.5 Å². The lowest BCUT2D eigenvalue weighted by atomic mass is 10.2. The van der Waals surface area contributed by atoms with Gasteiger partial charge in [-0.2, -0.15) is 0 Å². The standard InChI is InChI=1S/C15H20BrN3O/c1-3-6-17-10-15-18-7-8-19(15)11-12-4-5-14(20-2)13(16)9-12/h4-5,7-9,17H,3,6,10-11H2,1-2H3. The zero-order valence-corrected chi connectivity index (χ0v) is 13.5. The van der Waals surface area contributed by atoms with E-state index in [4.69, 9.17) is 4.74 Å². The second kappa shape index (κ2) is 7.45. The molecule has 0 aliphatic carbocycles. The maximum Gasteiger partial charge on any atom is 0.133 e. The lowest BCUT2D eigenvalue weighted by Crippen LogP contribution is -2.17. The highest BCUT2D eigenvalue weighted by Crippen LogP contribution is 2.25. The van der Waals surface area contributed by atoms with E-state index >= 15 is 0 Å². The fraction of sp³-hybridized carbons (Fsp3) is 0.400. The van der Waals surface area contributed by atoms with E-state index in [0.29, 0.717) is 0 Å². The number of aromatic nitrogens is 2. The molecule has 0 atom stereocenters. The summed E-state index contributed by atoms with van der Waals surface area (Å²) in [5, 5.41) is 3.38. The zero-order valence-electron chi connectivity index (χ0n) is 11.9. The number of ether oxygens (including phenoxy) is 1. The third-order valence-corrected chi connectivity index (χ3v) is 3.70. The van der Waals surface area contributed by atoms with Crippen LogP contribution in [0.2, 0.25) is 0 Å². The van der Waals surface area contributed by atoms with Crippen molar-refractivity contribution in [3.8, 4) is 5.75 Å². The third kappa shape index (κ3) is 3.84. The molecule has 1 heterocycles. The molecule has 0 aliphatic rings. The van der Waals surface area contributed by atoms with Gasteiger partial charge < -0.3 is 14.6 Å². The van der Waals surface area contributed by atoms with Gasteiger partial charge in [0, 0.05) is 18.9 Å². The van der Waals surface area contributed by atoms with Crippen molar-refractivity contribution < 1.29 is 4.74 Å². The van der Waals surface area contributed by atoms with E-state index in [1.54, 1.807) is 7.11 Å². The van der Waals surface area contributed by atoms with Crippen LogP contribution in [-0.2, 0) is 13.1 Å². The minimum absolute atomic E-state index is 0.804. The molecule has 0 spiro atoms. The molecule has 0 fully saturated rings. The van der Waals surface area contributed by atoms with Gasteiger partial charge in [-0.1, -0.05) is 13.0 Å². The van der Waals surface area contributed by atoms with Crippen LogP contribution in [0.4, 0.5) is 0 Å². The van der Waals surface area contributed by atoms with Crippen molar-refractivity contribution in [2.45, 2.75) is 26.4 Å². The van der Waals surface area contributed by atoms with E-state index in [1.165, 1.54) is 5.56 Å². The predicted octanol–water partition coefficient (Wildman–Crippen LogP) is 3.20. The number of methoxy groups -OCH3 is 1. The number of rotatable bonds is 7. The molecule has 1 aromatic heterocycles. The van der Waals surface area contributed by atoms with E-state index in [0.717, 1.165) is 42.1 Å². The molecule has 1 N–H and O–H groups in total. The Kier molecular flexibility index (Phi) is 5.61. The Balaban J connectivity index is 2.06. The van der Waals surface area contributed by atoms with E-state index in [2.05, 4.69) is 49.9 Å². The van der Waals surface area contributed by atoms with Gasteiger partial charge in [0.1, 0.15) is 11.6 Å². The van der Waals surface area contributed by atoms with Gasteiger partial charge in [-0.3, -0.25) is 0 Å². The van der Waals surface area contributed by atoms with E-state index in [-0.39, 0.29) is 0 Å². The largest absolute Gasteiger partial charge is 0.496 e. The van der Waals surface area contributed by atoms with Crippen LogP contribution < -0.4 is 10.1 Å². The molecular formula is C15H20BrN3O. The van der Waals surface area contributed by atoms with Crippen LogP contribution in [0.5, 0.6) is 5.75 Å². The van der Waals surface area contributed by atoms with Crippen LogP contribution in [0.15, 0.2) is 35.1 Å². The van der Waals surface area contributed by atoms with Crippen LogP contribution in [0.1, 0.15) is 24.7 Å². The van der Waals surface area contributed by atoms with Crippen LogP contribution in [-0.4, -0.2) is 23.2 Å². The van der Waals surface area contributed by atoms with Crippen molar-refractivity contribution in [1.29, 1.82) is 0 Å². The SMILES string of the molecule is CCCNCc1nccn1Cc1ccc(OC)c(Br)c1. The molecule has 0 aliphatic heterocycles. The Labute approximate surface area is 128 Å². The minimum Gasteiger partial charge on any atom is -0.496 e. The lowest BCUT2D eigenvalue weighted by Gasteiger charge is -2.10. The van der Waals surface area contributed by atoms with Gasteiger partial charge in [0.25, 0.3) is 0 Å². The molecule has 4 nitrogen and oxygen atoms in total. The molecule has 0 amide bonds. The predicted molar refractivity (Wildman–Crippen MR) is 84.0 cm³/mol. The molecule has 0 unspecified atom stereocenters. The van der Waals surface area contributed by atoms with Crippen molar-refractivity contribution in [2.24, 2.45) is 0 Å². The summed E-state index contributed by atoms with van der Waals surface area (Å²) in [7, 11) is 1.67. The summed E-state index contributed by atoms with van der Waals surface area (Å²) in [6.45, 7) is 4.79. The Morgan fingerprint density at radius 2 is 2.25 bits per heavy atom. The first kappa shape index (κ1) is 15.1. The molecule has 0 saturated heterocycles. The van der Waals surface area contributed by atoms with Gasteiger partial charge in [0.05, 0.1) is 18.1 Å². The second-order valence-corrected chi connectivity index (χ2v) is 5.47. The number of hydrogen-bond acceptors (Lipinski definition) is 3. The second-order valence-electron chi connectivity index (χ2n) is 4.62. The average Bonchev–Trinajstić information content (AvgIpc) is 2.87. The van der Waals surface area contributed by atoms with Crippen molar-refractivity contribution in [2.75, 3.05) is 13.7 Å². The fourth-order valence-electron chi connectivity index (χ4n) is 2.03. The number of benzene rings is 1. The number of imidazole rings is 1. The number of nitrogens with one attached hydrogen (secondary N) is 1. The summed E-state index contributed by atoms with van der Waals surface area (Å²) in [4.78, 5) is 4.40. The summed E-state index contributed by atoms with van der Waals surface area (Å²) < 4.78 is 8.39. The molecule has 2 rings (SSSR count). The first-order chi connectivity index (χ1) is 9.74. The van der Waals surface area contributed by atoms with Crippen LogP contribution in [0.3, 0.4) is 0 Å². The zero-order chi connectivity index (χ0) is 14.4. The molecule has 0 saturated carbocycles. The quantitative estimate of drug-likeness (QED) is 0.788. The third-order valence-electron chi connectivity index (χ3n) is 3.08. The molecule has 5 heteroatoms. The Bertz CT molecular complexity index is 554. The van der Waals surface area contributed by atoms with Crippen molar-refractivity contribution in [1.82, 2.24) is 14.9 Å². The molecule has 20 heavy (non-hydrogen) atoms. The normalized spacial score (nSPS) is 10.8. The highest BCUT2D eigenvalue weighted by Gasteiger charge is 2.05. The first-order valence-corrected chi connectivity index (χ1v) is 7.57. The maximum atomic E-state index is 5.25. The topological polar surface area (TPSA) is 39.1 Å². The molecule has 108 valence electrons. The van der Waals surface area contributed by atoms with Crippen LogP contribution >= 0.6 is 15.9 Å². The maximum absolute atomic E-state index is 5.25. The van der Waals surface area contributed by atoms with Crippen molar-refractivity contribution >= 4 is 15.9 Å². The molecular weight excluding hydrogens is 318 g/mol. The van der Waals surface area contributed by atoms with Gasteiger partial charge in [-0.05, 0) is 46.6 Å². The van der Waals surface area contributed by atoms with E-state index < -0.39 is 0 Å². The van der Waals surface area contributed by atoms with Gasteiger partial charge in [-0.25, -0.2) is 4.98 Å². The summed E-state index contributed by atoms with van der Waals surface area (Å²) in [6, 6.07) is 6.14. The van der Waals surface area contributed by atoms with E-state index in [9.17, 15) is 0 Å². The van der Waals surface area contributed by atoms with Crippen molar-refractivity contribution in [3.63, 3.8) is 0 Å². The fourth-order valence-corrected chi connectivity index (χ4v) is 2.62. The minimum atomic E-state index is 0.804.